The summed E-state index contributed by atoms with van der Waals surface area (Å²) < 4.78 is 31.0. The van der Waals surface area contributed by atoms with Crippen LogP contribution in [0.2, 0.25) is 0 Å². The van der Waals surface area contributed by atoms with E-state index in [1.807, 2.05) is 18.7 Å². The molecule has 1 aliphatic heterocycles. The number of nitrogens with zero attached hydrogens (tertiary/aromatic N) is 5. The lowest BCUT2D eigenvalue weighted by Crippen LogP contribution is -2.44. The Morgan fingerprint density at radius 2 is 2.15 bits per heavy atom. The van der Waals surface area contributed by atoms with Gasteiger partial charge in [-0.05, 0) is 42.9 Å². The zero-order valence-electron chi connectivity index (χ0n) is 18.8. The molecule has 10 nitrogen and oxygen atoms in total. The highest BCUT2D eigenvalue weighted by atomic mass is 32.2. The third kappa shape index (κ3) is 5.33. The number of fused-ring (bicyclic) bond motifs is 1. The lowest BCUT2D eigenvalue weighted by Gasteiger charge is -2.34. The maximum Gasteiger partial charge on any atom is 0.265 e. The zero-order chi connectivity index (χ0) is 23.8. The SMILES string of the molecule is CC1CCCN(C(=O)[C@@H](C(C)C)n2cc(COc3ccc4nc(S(N)(=O)=O)sc4c3)nn2)C1. The van der Waals surface area contributed by atoms with Crippen LogP contribution in [0.3, 0.4) is 0 Å². The van der Waals surface area contributed by atoms with Gasteiger partial charge in [0, 0.05) is 13.1 Å². The molecule has 0 aliphatic carbocycles. The molecule has 1 amide bonds. The summed E-state index contributed by atoms with van der Waals surface area (Å²) in [4.78, 5) is 19.2. The van der Waals surface area contributed by atoms with E-state index < -0.39 is 16.1 Å². The Labute approximate surface area is 196 Å². The van der Waals surface area contributed by atoms with Crippen LogP contribution >= 0.6 is 11.3 Å². The topological polar surface area (TPSA) is 133 Å². The van der Waals surface area contributed by atoms with Crippen molar-refractivity contribution < 1.29 is 17.9 Å². The molecule has 1 unspecified atom stereocenters. The van der Waals surface area contributed by atoms with Crippen molar-refractivity contribution in [2.75, 3.05) is 13.1 Å². The number of carbonyl (C=O) groups is 1. The number of likely N-dealkylation sites (tertiary alicyclic amines) is 1. The number of sulfonamides is 1. The zero-order valence-corrected chi connectivity index (χ0v) is 20.5. The van der Waals surface area contributed by atoms with Gasteiger partial charge in [0.1, 0.15) is 24.1 Å². The molecule has 0 bridgehead atoms. The van der Waals surface area contributed by atoms with Crippen molar-refractivity contribution in [3.8, 4) is 5.75 Å². The second-order valence-corrected chi connectivity index (χ2v) is 11.6. The van der Waals surface area contributed by atoms with Crippen LogP contribution in [0.1, 0.15) is 45.3 Å². The van der Waals surface area contributed by atoms with Crippen LogP contribution in [0.5, 0.6) is 5.75 Å². The summed E-state index contributed by atoms with van der Waals surface area (Å²) >= 11 is 0.990. The summed E-state index contributed by atoms with van der Waals surface area (Å²) in [6.45, 7) is 7.91. The van der Waals surface area contributed by atoms with Crippen molar-refractivity contribution in [3.05, 3.63) is 30.1 Å². The molecule has 0 saturated carbocycles. The maximum absolute atomic E-state index is 13.2. The fourth-order valence-corrected chi connectivity index (χ4v) is 5.73. The second kappa shape index (κ2) is 9.35. The third-order valence-corrected chi connectivity index (χ3v) is 8.00. The van der Waals surface area contributed by atoms with Gasteiger partial charge in [-0.15, -0.1) is 16.4 Å². The van der Waals surface area contributed by atoms with E-state index in [0.717, 1.165) is 37.3 Å². The molecule has 2 aromatic heterocycles. The van der Waals surface area contributed by atoms with E-state index in [9.17, 15) is 13.2 Å². The van der Waals surface area contributed by atoms with Crippen LogP contribution in [-0.4, -0.2) is 52.3 Å². The van der Waals surface area contributed by atoms with Gasteiger partial charge in [-0.25, -0.2) is 23.2 Å². The highest BCUT2D eigenvalue weighted by Gasteiger charge is 2.32. The molecular formula is C21H28N6O4S2. The smallest absolute Gasteiger partial charge is 0.265 e. The first-order chi connectivity index (χ1) is 15.6. The number of rotatable bonds is 7. The molecule has 33 heavy (non-hydrogen) atoms. The van der Waals surface area contributed by atoms with Crippen LogP contribution < -0.4 is 9.88 Å². The number of hydrogen-bond donors (Lipinski definition) is 1. The molecule has 4 rings (SSSR count). The van der Waals surface area contributed by atoms with E-state index in [1.54, 1.807) is 29.1 Å². The van der Waals surface area contributed by atoms with Crippen LogP contribution in [0, 0.1) is 11.8 Å². The summed E-state index contributed by atoms with van der Waals surface area (Å²) in [5, 5.41) is 13.6. The minimum atomic E-state index is -3.85. The maximum atomic E-state index is 13.2. The van der Waals surface area contributed by atoms with E-state index in [0.29, 0.717) is 27.6 Å². The van der Waals surface area contributed by atoms with Crippen LogP contribution in [0.15, 0.2) is 28.7 Å². The molecule has 1 aromatic carbocycles. The first-order valence-corrected chi connectivity index (χ1v) is 13.2. The number of nitrogens with two attached hydrogens (primary N) is 1. The highest BCUT2D eigenvalue weighted by Crippen LogP contribution is 2.29. The number of aromatic nitrogens is 4. The van der Waals surface area contributed by atoms with Crippen molar-refractivity contribution in [1.29, 1.82) is 0 Å². The fraction of sp³-hybridized carbons (Fsp3) is 0.524. The Morgan fingerprint density at radius 3 is 2.85 bits per heavy atom. The minimum absolute atomic E-state index is 0.0620. The van der Waals surface area contributed by atoms with Gasteiger partial charge in [-0.3, -0.25) is 4.79 Å². The molecule has 1 saturated heterocycles. The number of ether oxygens (including phenoxy) is 1. The molecule has 2 atom stereocenters. The standard InChI is InChI=1S/C21H28N6O4S2/c1-13(2)19(20(28)26-8-4-5-14(3)10-26)27-11-15(24-25-27)12-31-16-6-7-17-18(9-16)32-21(23-17)33(22,29)30/h6-7,9,11,13-14,19H,4-5,8,10,12H2,1-3H3,(H2,22,29,30)/t14?,19-/m1/s1. The van der Waals surface area contributed by atoms with Gasteiger partial charge in [0.25, 0.3) is 10.0 Å². The summed E-state index contributed by atoms with van der Waals surface area (Å²) in [5.41, 5.74) is 1.13. The Bertz CT molecular complexity index is 1250. The Hall–Kier alpha value is -2.57. The van der Waals surface area contributed by atoms with Gasteiger partial charge in [0.05, 0.1) is 16.4 Å². The Morgan fingerprint density at radius 1 is 1.36 bits per heavy atom. The van der Waals surface area contributed by atoms with Gasteiger partial charge >= 0.3 is 0 Å². The van der Waals surface area contributed by atoms with Crippen molar-refractivity contribution in [2.24, 2.45) is 17.0 Å². The fourth-order valence-electron chi connectivity index (χ4n) is 4.05. The third-order valence-electron chi connectivity index (χ3n) is 5.67. The van der Waals surface area contributed by atoms with Crippen molar-refractivity contribution >= 4 is 37.5 Å². The molecule has 3 heterocycles. The predicted molar refractivity (Wildman–Crippen MR) is 124 cm³/mol. The van der Waals surface area contributed by atoms with Gasteiger partial charge in [-0.2, -0.15) is 0 Å². The average molecular weight is 493 g/mol. The molecule has 178 valence electrons. The van der Waals surface area contributed by atoms with Crippen molar-refractivity contribution in [2.45, 2.75) is 50.6 Å². The molecule has 1 aliphatic rings. The number of hydrogen-bond acceptors (Lipinski definition) is 8. The summed E-state index contributed by atoms with van der Waals surface area (Å²) in [6, 6.07) is 4.68. The summed E-state index contributed by atoms with van der Waals surface area (Å²) in [5.74, 6) is 1.19. The van der Waals surface area contributed by atoms with E-state index in [1.165, 1.54) is 0 Å². The van der Waals surface area contributed by atoms with Gasteiger partial charge < -0.3 is 9.64 Å². The number of thiazole rings is 1. The Kier molecular flexibility index (Phi) is 6.68. The molecule has 0 radical (unpaired) electrons. The van der Waals surface area contributed by atoms with Gasteiger partial charge in [0.15, 0.2) is 0 Å². The Balaban J connectivity index is 1.45. The van der Waals surface area contributed by atoms with Gasteiger partial charge in [-0.1, -0.05) is 26.0 Å². The van der Waals surface area contributed by atoms with E-state index in [-0.39, 0.29) is 22.8 Å². The predicted octanol–water partition coefficient (Wildman–Crippen LogP) is 2.57. The monoisotopic (exact) mass is 492 g/mol. The number of piperidine rings is 1. The number of primary sulfonamides is 1. The highest BCUT2D eigenvalue weighted by molar-refractivity contribution is 7.91. The molecule has 1 fully saturated rings. The second-order valence-electron chi connectivity index (χ2n) is 8.85. The van der Waals surface area contributed by atoms with E-state index >= 15 is 0 Å². The summed E-state index contributed by atoms with van der Waals surface area (Å²) in [7, 11) is -3.85. The van der Waals surface area contributed by atoms with Gasteiger partial charge in [0.2, 0.25) is 10.2 Å². The number of benzene rings is 1. The largest absolute Gasteiger partial charge is 0.487 e. The van der Waals surface area contributed by atoms with Crippen LogP contribution in [0.25, 0.3) is 10.2 Å². The molecule has 12 heteroatoms. The van der Waals surface area contributed by atoms with E-state index in [4.69, 9.17) is 9.88 Å². The lowest BCUT2D eigenvalue weighted by molar-refractivity contribution is -0.138. The number of carbonyl (C=O) groups excluding carboxylic acids is 1. The number of amides is 1. The van der Waals surface area contributed by atoms with Crippen LogP contribution in [-0.2, 0) is 21.4 Å². The van der Waals surface area contributed by atoms with Crippen molar-refractivity contribution in [1.82, 2.24) is 24.9 Å². The molecular weight excluding hydrogens is 464 g/mol. The molecule has 3 aromatic rings. The molecule has 0 spiro atoms. The normalized spacial score (nSPS) is 18.1. The van der Waals surface area contributed by atoms with E-state index in [2.05, 4.69) is 22.2 Å². The molecule has 2 N–H and O–H groups in total. The first-order valence-electron chi connectivity index (χ1n) is 10.9. The quantitative estimate of drug-likeness (QED) is 0.536. The van der Waals surface area contributed by atoms with Crippen molar-refractivity contribution in [3.63, 3.8) is 0 Å². The lowest BCUT2D eigenvalue weighted by atomic mass is 9.97. The minimum Gasteiger partial charge on any atom is -0.487 e. The average Bonchev–Trinajstić information content (AvgIpc) is 3.38. The van der Waals surface area contributed by atoms with Crippen LogP contribution in [0.4, 0.5) is 0 Å². The summed E-state index contributed by atoms with van der Waals surface area (Å²) in [6.07, 6.45) is 3.93. The first kappa shape index (κ1) is 23.6.